The molecule has 0 bridgehead atoms. The lowest BCUT2D eigenvalue weighted by Gasteiger charge is -2.37. The molecule has 2 rings (SSSR count). The lowest BCUT2D eigenvalue weighted by molar-refractivity contribution is 0.0718. The van der Waals surface area contributed by atoms with Gasteiger partial charge in [-0.25, -0.2) is 9.97 Å². The maximum atomic E-state index is 5.59. The summed E-state index contributed by atoms with van der Waals surface area (Å²) in [5.74, 6) is 0.697. The Labute approximate surface area is 112 Å². The molecule has 0 amide bonds. The van der Waals surface area contributed by atoms with Crippen LogP contribution in [0.3, 0.4) is 0 Å². The third-order valence-corrected chi connectivity index (χ3v) is 3.52. The van der Waals surface area contributed by atoms with Crippen molar-refractivity contribution in [2.45, 2.75) is 31.9 Å². The van der Waals surface area contributed by atoms with Crippen LogP contribution in [0.4, 0.5) is 5.95 Å². The number of anilines is 1. The number of piperidine rings is 1. The number of methoxy groups -OCH3 is 1. The quantitative estimate of drug-likeness (QED) is 0.827. The van der Waals surface area contributed by atoms with Crippen LogP contribution in [0.2, 0.25) is 0 Å². The molecule has 6 heteroatoms. The largest absolute Gasteiger partial charge is 0.388 e. The Morgan fingerprint density at radius 1 is 1.61 bits per heavy atom. The molecule has 0 spiro atoms. The molecule has 0 aliphatic carbocycles. The summed E-state index contributed by atoms with van der Waals surface area (Å²) >= 11 is 4.94. The highest BCUT2D eigenvalue weighted by Gasteiger charge is 2.27. The number of aromatic nitrogens is 2. The number of hydrogen-bond acceptors (Lipinski definition) is 5. The van der Waals surface area contributed by atoms with Gasteiger partial charge in [-0.05, 0) is 25.8 Å². The predicted octanol–water partition coefficient (Wildman–Crippen LogP) is 1.11. The van der Waals surface area contributed by atoms with Crippen LogP contribution in [0.15, 0.2) is 12.3 Å². The summed E-state index contributed by atoms with van der Waals surface area (Å²) < 4.78 is 5.40. The van der Waals surface area contributed by atoms with E-state index in [1.807, 2.05) is 0 Å². The molecule has 0 aromatic carbocycles. The summed E-state index contributed by atoms with van der Waals surface area (Å²) in [5.41, 5.74) is 6.21. The second-order valence-electron chi connectivity index (χ2n) is 4.53. The Bertz CT molecular complexity index is 440. The molecule has 2 unspecified atom stereocenters. The molecular weight excluding hydrogens is 248 g/mol. The van der Waals surface area contributed by atoms with Gasteiger partial charge in [0, 0.05) is 25.9 Å². The molecular formula is C12H18N4OS. The van der Waals surface area contributed by atoms with E-state index in [9.17, 15) is 0 Å². The zero-order valence-electron chi connectivity index (χ0n) is 10.7. The van der Waals surface area contributed by atoms with Crippen LogP contribution < -0.4 is 10.6 Å². The lowest BCUT2D eigenvalue weighted by Crippen LogP contribution is -2.44. The fraction of sp³-hybridized carbons (Fsp3) is 0.583. The number of hydrogen-bond donors (Lipinski definition) is 1. The van der Waals surface area contributed by atoms with Gasteiger partial charge in [-0.3, -0.25) is 0 Å². The highest BCUT2D eigenvalue weighted by Crippen LogP contribution is 2.23. The van der Waals surface area contributed by atoms with E-state index in [1.165, 1.54) is 0 Å². The zero-order valence-corrected chi connectivity index (χ0v) is 11.5. The molecule has 2 heterocycles. The van der Waals surface area contributed by atoms with E-state index in [0.717, 1.165) is 19.4 Å². The van der Waals surface area contributed by atoms with Gasteiger partial charge in [-0.1, -0.05) is 12.2 Å². The molecule has 0 radical (unpaired) electrons. The van der Waals surface area contributed by atoms with E-state index in [-0.39, 0.29) is 0 Å². The molecule has 1 aliphatic rings. The first-order valence-corrected chi connectivity index (χ1v) is 6.45. The highest BCUT2D eigenvalue weighted by atomic mass is 32.1. The van der Waals surface area contributed by atoms with Crippen molar-refractivity contribution in [3.05, 3.63) is 18.0 Å². The van der Waals surface area contributed by atoms with Crippen LogP contribution in [-0.4, -0.2) is 40.8 Å². The minimum Gasteiger partial charge on any atom is -0.388 e. The van der Waals surface area contributed by atoms with Crippen LogP contribution >= 0.6 is 12.2 Å². The van der Waals surface area contributed by atoms with Gasteiger partial charge in [0.05, 0.1) is 6.10 Å². The first kappa shape index (κ1) is 13.2. The Morgan fingerprint density at radius 2 is 2.39 bits per heavy atom. The molecule has 1 aromatic rings. The van der Waals surface area contributed by atoms with E-state index in [4.69, 9.17) is 22.7 Å². The van der Waals surface area contributed by atoms with Gasteiger partial charge >= 0.3 is 0 Å². The molecule has 1 fully saturated rings. The van der Waals surface area contributed by atoms with Crippen molar-refractivity contribution in [1.29, 1.82) is 0 Å². The van der Waals surface area contributed by atoms with Crippen molar-refractivity contribution in [3.63, 3.8) is 0 Å². The number of nitrogens with zero attached hydrogens (tertiary/aromatic N) is 3. The molecule has 2 atom stereocenters. The van der Waals surface area contributed by atoms with Crippen LogP contribution in [-0.2, 0) is 4.74 Å². The van der Waals surface area contributed by atoms with E-state index >= 15 is 0 Å². The Hall–Kier alpha value is -1.27. The van der Waals surface area contributed by atoms with Crippen LogP contribution in [0.25, 0.3) is 0 Å². The Kier molecular flexibility index (Phi) is 4.08. The number of nitrogens with two attached hydrogens (primary N) is 1. The van der Waals surface area contributed by atoms with Gasteiger partial charge in [0.2, 0.25) is 5.95 Å². The summed E-state index contributed by atoms with van der Waals surface area (Å²) in [7, 11) is 1.76. The van der Waals surface area contributed by atoms with Crippen molar-refractivity contribution in [3.8, 4) is 0 Å². The topological polar surface area (TPSA) is 64.3 Å². The maximum absolute atomic E-state index is 5.59. The van der Waals surface area contributed by atoms with E-state index in [2.05, 4.69) is 21.8 Å². The first-order valence-electron chi connectivity index (χ1n) is 6.04. The maximum Gasteiger partial charge on any atom is 0.226 e. The summed E-state index contributed by atoms with van der Waals surface area (Å²) in [5, 5.41) is 0. The number of rotatable bonds is 3. The third-order valence-electron chi connectivity index (χ3n) is 3.31. The number of thiocarbonyl (C=S) groups is 1. The Balaban J connectivity index is 2.16. The molecule has 1 aliphatic heterocycles. The molecule has 1 aromatic heterocycles. The zero-order chi connectivity index (χ0) is 13.1. The van der Waals surface area contributed by atoms with Crippen molar-refractivity contribution >= 4 is 23.2 Å². The van der Waals surface area contributed by atoms with Crippen LogP contribution in [0.5, 0.6) is 0 Å². The Morgan fingerprint density at radius 3 is 3.00 bits per heavy atom. The predicted molar refractivity (Wildman–Crippen MR) is 74.8 cm³/mol. The minimum atomic E-state index is 0.304. The number of ether oxygens (including phenoxy) is 1. The lowest BCUT2D eigenvalue weighted by atomic mass is 10.0. The summed E-state index contributed by atoms with van der Waals surface area (Å²) in [6, 6.07) is 2.09. The monoisotopic (exact) mass is 266 g/mol. The van der Waals surface area contributed by atoms with Gasteiger partial charge in [0.1, 0.15) is 10.7 Å². The summed E-state index contributed by atoms with van der Waals surface area (Å²) in [4.78, 5) is 11.2. The van der Waals surface area contributed by atoms with Gasteiger partial charge in [-0.2, -0.15) is 0 Å². The minimum absolute atomic E-state index is 0.304. The molecule has 0 saturated carbocycles. The van der Waals surface area contributed by atoms with Crippen LogP contribution in [0.1, 0.15) is 25.5 Å². The summed E-state index contributed by atoms with van der Waals surface area (Å²) in [6.45, 7) is 3.04. The normalized spacial score (nSPS) is 24.0. The van der Waals surface area contributed by atoms with E-state index in [1.54, 1.807) is 19.4 Å². The van der Waals surface area contributed by atoms with Crippen molar-refractivity contribution < 1.29 is 4.74 Å². The average Bonchev–Trinajstić information content (AvgIpc) is 2.38. The smallest absolute Gasteiger partial charge is 0.226 e. The van der Waals surface area contributed by atoms with E-state index in [0.29, 0.717) is 28.8 Å². The molecule has 1 saturated heterocycles. The average molecular weight is 266 g/mol. The van der Waals surface area contributed by atoms with Crippen LogP contribution in [0, 0.1) is 0 Å². The van der Waals surface area contributed by atoms with Gasteiger partial charge in [-0.15, -0.1) is 0 Å². The SMILES string of the molecule is COC1CCN(c2nccc(C(N)=S)n2)C(C)C1. The van der Waals surface area contributed by atoms with E-state index < -0.39 is 0 Å². The third kappa shape index (κ3) is 2.76. The van der Waals surface area contributed by atoms with Crippen molar-refractivity contribution in [1.82, 2.24) is 9.97 Å². The fourth-order valence-electron chi connectivity index (χ4n) is 2.26. The molecule has 18 heavy (non-hydrogen) atoms. The second-order valence-corrected chi connectivity index (χ2v) is 4.97. The fourth-order valence-corrected chi connectivity index (χ4v) is 2.38. The first-order chi connectivity index (χ1) is 8.61. The molecule has 98 valence electrons. The summed E-state index contributed by atoms with van der Waals surface area (Å²) in [6.07, 6.45) is 4.00. The highest BCUT2D eigenvalue weighted by molar-refractivity contribution is 7.80. The van der Waals surface area contributed by atoms with Gasteiger partial charge < -0.3 is 15.4 Å². The second kappa shape index (κ2) is 5.58. The van der Waals surface area contributed by atoms with Crippen molar-refractivity contribution in [2.24, 2.45) is 5.73 Å². The standard InChI is InChI=1S/C12H18N4OS/c1-8-7-9(17-2)4-6-16(8)12-14-5-3-10(15-12)11(13)18/h3,5,8-9H,4,6-7H2,1-2H3,(H2,13,18). The van der Waals surface area contributed by atoms with Gasteiger partial charge in [0.15, 0.2) is 0 Å². The molecule has 2 N–H and O–H groups in total. The van der Waals surface area contributed by atoms with Crippen molar-refractivity contribution in [2.75, 3.05) is 18.6 Å². The van der Waals surface area contributed by atoms with Gasteiger partial charge in [0.25, 0.3) is 0 Å². The molecule has 5 nitrogen and oxygen atoms in total.